The van der Waals surface area contributed by atoms with E-state index in [2.05, 4.69) is 36.1 Å². The van der Waals surface area contributed by atoms with Crippen molar-refractivity contribution in [2.75, 3.05) is 40.3 Å². The molecule has 1 saturated heterocycles. The Balaban J connectivity index is 1.89. The first-order chi connectivity index (χ1) is 9.08. The fourth-order valence-corrected chi connectivity index (χ4v) is 2.60. The van der Waals surface area contributed by atoms with Gasteiger partial charge in [-0.05, 0) is 27.1 Å². The van der Waals surface area contributed by atoms with E-state index >= 15 is 0 Å². The molecule has 4 nitrogen and oxygen atoms in total. The Morgan fingerprint density at radius 2 is 2.05 bits per heavy atom. The van der Waals surface area contributed by atoms with E-state index in [1.54, 1.807) is 6.07 Å². The Morgan fingerprint density at radius 3 is 2.79 bits per heavy atom. The van der Waals surface area contributed by atoms with Crippen LogP contribution in [0.4, 0.5) is 0 Å². The van der Waals surface area contributed by atoms with E-state index in [0.29, 0.717) is 11.8 Å². The van der Waals surface area contributed by atoms with Crippen molar-refractivity contribution in [1.29, 1.82) is 0 Å². The number of rotatable bonds is 4. The molecule has 2 rings (SSSR count). The molecule has 4 heteroatoms. The van der Waals surface area contributed by atoms with Crippen LogP contribution in [0.5, 0.6) is 5.75 Å². The van der Waals surface area contributed by atoms with Crippen LogP contribution in [-0.4, -0.2) is 61.2 Å². The third kappa shape index (κ3) is 3.69. The van der Waals surface area contributed by atoms with Crippen LogP contribution in [0.25, 0.3) is 0 Å². The second kappa shape index (κ2) is 6.37. The van der Waals surface area contributed by atoms with Gasteiger partial charge in [0, 0.05) is 43.8 Å². The summed E-state index contributed by atoms with van der Waals surface area (Å²) in [5.74, 6) is 0.372. The minimum absolute atomic E-state index is 0.168. The molecule has 1 fully saturated rings. The average molecular weight is 263 g/mol. The maximum absolute atomic E-state index is 9.85. The lowest BCUT2D eigenvalue weighted by molar-refractivity contribution is 0.112. The van der Waals surface area contributed by atoms with Crippen LogP contribution in [0.15, 0.2) is 24.3 Å². The summed E-state index contributed by atoms with van der Waals surface area (Å²) >= 11 is 0. The van der Waals surface area contributed by atoms with Gasteiger partial charge in [-0.2, -0.15) is 0 Å². The lowest BCUT2D eigenvalue weighted by atomic mass is 10.1. The molecule has 106 valence electrons. The maximum Gasteiger partial charge on any atom is 0.120 e. The minimum atomic E-state index is 0.168. The van der Waals surface area contributed by atoms with Gasteiger partial charge >= 0.3 is 0 Å². The molecular weight excluding hydrogens is 238 g/mol. The zero-order chi connectivity index (χ0) is 13.8. The first kappa shape index (κ1) is 14.3. The maximum atomic E-state index is 9.85. The molecule has 1 aromatic carbocycles. The van der Waals surface area contributed by atoms with Crippen LogP contribution in [0.3, 0.4) is 0 Å². The van der Waals surface area contributed by atoms with Crippen LogP contribution in [0, 0.1) is 0 Å². The van der Waals surface area contributed by atoms with Crippen LogP contribution in [-0.2, 0) is 0 Å². The Kier molecular flexibility index (Phi) is 4.80. The molecule has 0 spiro atoms. The summed E-state index contributed by atoms with van der Waals surface area (Å²) in [4.78, 5) is 4.78. The Bertz CT molecular complexity index is 410. The zero-order valence-corrected chi connectivity index (χ0v) is 12.1. The standard InChI is InChI=1S/C15H25N3O/c1-12(14-6-4-5-7-15(14)19)16-10-13-11-17(2)8-9-18(13)3/h4-7,12-13,16,19H,8-11H2,1-3H3. The Labute approximate surface area is 116 Å². The quantitative estimate of drug-likeness (QED) is 0.858. The third-order valence-electron chi connectivity index (χ3n) is 4.04. The first-order valence-electron chi connectivity index (χ1n) is 6.98. The van der Waals surface area contributed by atoms with Crippen molar-refractivity contribution in [3.63, 3.8) is 0 Å². The first-order valence-corrected chi connectivity index (χ1v) is 6.98. The normalized spacial score (nSPS) is 23.4. The molecule has 0 aliphatic carbocycles. The second-order valence-electron chi connectivity index (χ2n) is 5.59. The lowest BCUT2D eigenvalue weighted by Gasteiger charge is -2.38. The van der Waals surface area contributed by atoms with E-state index in [4.69, 9.17) is 0 Å². The molecule has 2 unspecified atom stereocenters. The number of aromatic hydroxyl groups is 1. The van der Waals surface area contributed by atoms with E-state index in [0.717, 1.165) is 31.7 Å². The van der Waals surface area contributed by atoms with Crippen molar-refractivity contribution in [1.82, 2.24) is 15.1 Å². The highest BCUT2D eigenvalue weighted by atomic mass is 16.3. The molecule has 0 saturated carbocycles. The van der Waals surface area contributed by atoms with Crippen LogP contribution in [0.1, 0.15) is 18.5 Å². The largest absolute Gasteiger partial charge is 0.508 e. The van der Waals surface area contributed by atoms with E-state index in [1.807, 2.05) is 18.2 Å². The van der Waals surface area contributed by atoms with Gasteiger partial charge in [0.25, 0.3) is 0 Å². The molecule has 2 N–H and O–H groups in total. The molecule has 1 aromatic rings. The molecular formula is C15H25N3O. The molecule has 1 aliphatic heterocycles. The van der Waals surface area contributed by atoms with Gasteiger partial charge in [-0.15, -0.1) is 0 Å². The minimum Gasteiger partial charge on any atom is -0.508 e. The summed E-state index contributed by atoms with van der Waals surface area (Å²) < 4.78 is 0. The van der Waals surface area contributed by atoms with E-state index in [-0.39, 0.29) is 6.04 Å². The summed E-state index contributed by atoms with van der Waals surface area (Å²) in [7, 11) is 4.36. The number of nitrogens with one attached hydrogen (secondary N) is 1. The van der Waals surface area contributed by atoms with Crippen molar-refractivity contribution < 1.29 is 5.11 Å². The van der Waals surface area contributed by atoms with Crippen molar-refractivity contribution in [2.24, 2.45) is 0 Å². The molecule has 0 bridgehead atoms. The molecule has 0 aromatic heterocycles. The molecule has 0 radical (unpaired) electrons. The summed E-state index contributed by atoms with van der Waals surface area (Å²) in [6, 6.07) is 8.25. The van der Waals surface area contributed by atoms with Crippen LogP contribution < -0.4 is 5.32 Å². The number of nitrogens with zero attached hydrogens (tertiary/aromatic N) is 2. The lowest BCUT2D eigenvalue weighted by Crippen LogP contribution is -2.53. The number of phenols is 1. The van der Waals surface area contributed by atoms with Gasteiger partial charge in [0.05, 0.1) is 0 Å². The second-order valence-corrected chi connectivity index (χ2v) is 5.59. The molecule has 1 aliphatic rings. The van der Waals surface area contributed by atoms with Crippen molar-refractivity contribution in [3.05, 3.63) is 29.8 Å². The van der Waals surface area contributed by atoms with E-state index in [9.17, 15) is 5.11 Å². The number of para-hydroxylation sites is 1. The van der Waals surface area contributed by atoms with Crippen molar-refractivity contribution >= 4 is 0 Å². The fraction of sp³-hybridized carbons (Fsp3) is 0.600. The van der Waals surface area contributed by atoms with Gasteiger partial charge in [-0.1, -0.05) is 18.2 Å². The average Bonchev–Trinajstić information content (AvgIpc) is 2.40. The van der Waals surface area contributed by atoms with Gasteiger partial charge < -0.3 is 15.3 Å². The van der Waals surface area contributed by atoms with Crippen LogP contribution >= 0.6 is 0 Å². The highest BCUT2D eigenvalue weighted by molar-refractivity contribution is 5.34. The highest BCUT2D eigenvalue weighted by Crippen LogP contribution is 2.23. The van der Waals surface area contributed by atoms with Crippen molar-refractivity contribution in [2.45, 2.75) is 19.0 Å². The summed E-state index contributed by atoms with van der Waals surface area (Å²) in [6.07, 6.45) is 0. The van der Waals surface area contributed by atoms with Gasteiger partial charge in [0.15, 0.2) is 0 Å². The SMILES string of the molecule is CC(NCC1CN(C)CCN1C)c1ccccc1O. The van der Waals surface area contributed by atoms with E-state index < -0.39 is 0 Å². The topological polar surface area (TPSA) is 38.7 Å². The smallest absolute Gasteiger partial charge is 0.120 e. The predicted molar refractivity (Wildman–Crippen MR) is 78.4 cm³/mol. The summed E-state index contributed by atoms with van der Waals surface area (Å²) in [5.41, 5.74) is 0.967. The van der Waals surface area contributed by atoms with Crippen molar-refractivity contribution in [3.8, 4) is 5.75 Å². The van der Waals surface area contributed by atoms with Gasteiger partial charge in [-0.3, -0.25) is 4.90 Å². The van der Waals surface area contributed by atoms with Gasteiger partial charge in [0.2, 0.25) is 0 Å². The molecule has 1 heterocycles. The number of hydrogen-bond acceptors (Lipinski definition) is 4. The molecule has 0 amide bonds. The highest BCUT2D eigenvalue weighted by Gasteiger charge is 2.22. The number of hydrogen-bond donors (Lipinski definition) is 2. The number of benzene rings is 1. The monoisotopic (exact) mass is 263 g/mol. The zero-order valence-electron chi connectivity index (χ0n) is 12.1. The fourth-order valence-electron chi connectivity index (χ4n) is 2.60. The number of phenolic OH excluding ortho intramolecular Hbond substituents is 1. The van der Waals surface area contributed by atoms with E-state index in [1.165, 1.54) is 0 Å². The summed E-state index contributed by atoms with van der Waals surface area (Å²) in [5, 5.41) is 13.4. The predicted octanol–water partition coefficient (Wildman–Crippen LogP) is 1.29. The third-order valence-corrected chi connectivity index (χ3v) is 4.04. The van der Waals surface area contributed by atoms with Gasteiger partial charge in [-0.25, -0.2) is 0 Å². The number of piperazine rings is 1. The van der Waals surface area contributed by atoms with Crippen LogP contribution in [0.2, 0.25) is 0 Å². The molecule has 19 heavy (non-hydrogen) atoms. The number of likely N-dealkylation sites (N-methyl/N-ethyl adjacent to an activating group) is 2. The Morgan fingerprint density at radius 1 is 1.32 bits per heavy atom. The van der Waals surface area contributed by atoms with Gasteiger partial charge in [0.1, 0.15) is 5.75 Å². The molecule has 2 atom stereocenters. The Hall–Kier alpha value is -1.10. The summed E-state index contributed by atoms with van der Waals surface area (Å²) in [6.45, 7) is 6.39.